The normalized spacial score (nSPS) is 14.6. The van der Waals surface area contributed by atoms with Crippen molar-refractivity contribution < 1.29 is 4.79 Å². The molecule has 0 aliphatic heterocycles. The standard InChI is InChI=1S/C8H17NOS/c1-8(2,3)7(9)6(10)5-11-4/h7H,5,9H2,1-4H3. The van der Waals surface area contributed by atoms with Gasteiger partial charge in [0.05, 0.1) is 11.8 Å². The summed E-state index contributed by atoms with van der Waals surface area (Å²) in [5.41, 5.74) is 5.61. The van der Waals surface area contributed by atoms with Crippen LogP contribution in [0.3, 0.4) is 0 Å². The van der Waals surface area contributed by atoms with Crippen molar-refractivity contribution in [3.8, 4) is 0 Å². The highest BCUT2D eigenvalue weighted by Gasteiger charge is 2.26. The average molecular weight is 175 g/mol. The van der Waals surface area contributed by atoms with Gasteiger partial charge in [-0.1, -0.05) is 20.8 Å². The van der Waals surface area contributed by atoms with Gasteiger partial charge in [0.15, 0.2) is 5.78 Å². The van der Waals surface area contributed by atoms with Gasteiger partial charge in [-0.2, -0.15) is 11.8 Å². The first-order valence-electron chi connectivity index (χ1n) is 3.67. The Morgan fingerprint density at radius 1 is 1.55 bits per heavy atom. The Balaban J connectivity index is 4.03. The molecule has 2 N–H and O–H groups in total. The van der Waals surface area contributed by atoms with Gasteiger partial charge in [0.1, 0.15) is 0 Å². The lowest BCUT2D eigenvalue weighted by atomic mass is 9.85. The molecule has 3 heteroatoms. The third kappa shape index (κ3) is 3.77. The lowest BCUT2D eigenvalue weighted by Crippen LogP contribution is -2.43. The molecule has 1 atom stereocenters. The van der Waals surface area contributed by atoms with Gasteiger partial charge >= 0.3 is 0 Å². The van der Waals surface area contributed by atoms with Crippen LogP contribution in [-0.2, 0) is 4.79 Å². The molecule has 0 aliphatic rings. The summed E-state index contributed by atoms with van der Waals surface area (Å²) >= 11 is 1.52. The topological polar surface area (TPSA) is 43.1 Å². The number of rotatable bonds is 3. The van der Waals surface area contributed by atoms with Gasteiger partial charge < -0.3 is 5.73 Å². The maximum Gasteiger partial charge on any atom is 0.159 e. The number of nitrogens with two attached hydrogens (primary N) is 1. The van der Waals surface area contributed by atoms with E-state index < -0.39 is 0 Å². The molecule has 66 valence electrons. The van der Waals surface area contributed by atoms with E-state index in [9.17, 15) is 4.79 Å². The minimum Gasteiger partial charge on any atom is -0.321 e. The molecule has 0 aliphatic carbocycles. The van der Waals surface area contributed by atoms with Crippen molar-refractivity contribution in [1.82, 2.24) is 0 Å². The van der Waals surface area contributed by atoms with Crippen molar-refractivity contribution in [2.45, 2.75) is 26.8 Å². The van der Waals surface area contributed by atoms with E-state index in [1.54, 1.807) is 0 Å². The minimum absolute atomic E-state index is 0.104. The van der Waals surface area contributed by atoms with Crippen LogP contribution in [0.1, 0.15) is 20.8 Å². The molecule has 0 amide bonds. The van der Waals surface area contributed by atoms with E-state index in [0.717, 1.165) is 0 Å². The number of carbonyl (C=O) groups excluding carboxylic acids is 1. The second kappa shape index (κ2) is 4.12. The lowest BCUT2D eigenvalue weighted by molar-refractivity contribution is -0.119. The van der Waals surface area contributed by atoms with Gasteiger partial charge in [0.25, 0.3) is 0 Å². The zero-order valence-electron chi connectivity index (χ0n) is 7.68. The number of ketones is 1. The Hall–Kier alpha value is -0.0200. The number of hydrogen-bond acceptors (Lipinski definition) is 3. The molecule has 2 nitrogen and oxygen atoms in total. The number of hydrogen-bond donors (Lipinski definition) is 1. The highest BCUT2D eigenvalue weighted by atomic mass is 32.2. The molecule has 0 aromatic heterocycles. The molecule has 0 aromatic carbocycles. The maximum atomic E-state index is 11.2. The van der Waals surface area contributed by atoms with Crippen LogP contribution in [-0.4, -0.2) is 23.8 Å². The molecule has 0 bridgehead atoms. The average Bonchev–Trinajstić information content (AvgIpc) is 1.85. The van der Waals surface area contributed by atoms with Crippen molar-refractivity contribution >= 4 is 17.5 Å². The molecule has 1 unspecified atom stereocenters. The van der Waals surface area contributed by atoms with E-state index in [1.807, 2.05) is 27.0 Å². The largest absolute Gasteiger partial charge is 0.321 e. The highest BCUT2D eigenvalue weighted by molar-refractivity contribution is 7.99. The maximum absolute atomic E-state index is 11.2. The molecule has 0 rings (SSSR count). The fourth-order valence-corrected chi connectivity index (χ4v) is 1.18. The number of carbonyl (C=O) groups is 1. The van der Waals surface area contributed by atoms with Crippen LogP contribution >= 0.6 is 11.8 Å². The van der Waals surface area contributed by atoms with Gasteiger partial charge in [0.2, 0.25) is 0 Å². The zero-order valence-corrected chi connectivity index (χ0v) is 8.49. The van der Waals surface area contributed by atoms with E-state index in [0.29, 0.717) is 5.75 Å². The molecule has 0 fully saturated rings. The molecule has 0 spiro atoms. The van der Waals surface area contributed by atoms with Crippen LogP contribution in [0.2, 0.25) is 0 Å². The third-order valence-corrected chi connectivity index (χ3v) is 2.14. The summed E-state index contributed by atoms with van der Waals surface area (Å²) in [6, 6.07) is -0.324. The Kier molecular flexibility index (Phi) is 4.11. The first-order valence-corrected chi connectivity index (χ1v) is 5.06. The fraction of sp³-hybridized carbons (Fsp3) is 0.875. The van der Waals surface area contributed by atoms with Crippen LogP contribution in [0.5, 0.6) is 0 Å². The first-order chi connectivity index (χ1) is 4.89. The van der Waals surface area contributed by atoms with Gasteiger partial charge in [-0.05, 0) is 11.7 Å². The highest BCUT2D eigenvalue weighted by Crippen LogP contribution is 2.18. The van der Waals surface area contributed by atoms with E-state index in [2.05, 4.69) is 0 Å². The predicted molar refractivity (Wildman–Crippen MR) is 50.8 cm³/mol. The Morgan fingerprint density at radius 2 is 2.00 bits per heavy atom. The van der Waals surface area contributed by atoms with Crippen molar-refractivity contribution in [3.63, 3.8) is 0 Å². The monoisotopic (exact) mass is 175 g/mol. The molecule has 0 saturated carbocycles. The van der Waals surface area contributed by atoms with Gasteiger partial charge in [-0.3, -0.25) is 4.79 Å². The summed E-state index contributed by atoms with van der Waals surface area (Å²) in [4.78, 5) is 11.2. The Labute approximate surface area is 72.9 Å². The van der Waals surface area contributed by atoms with Gasteiger partial charge in [0, 0.05) is 0 Å². The minimum atomic E-state index is -0.324. The van der Waals surface area contributed by atoms with E-state index >= 15 is 0 Å². The first kappa shape index (κ1) is 11.0. The van der Waals surface area contributed by atoms with E-state index in [4.69, 9.17) is 5.73 Å². The second-order valence-corrected chi connectivity index (χ2v) is 4.61. The summed E-state index contributed by atoms with van der Waals surface area (Å²) < 4.78 is 0. The summed E-state index contributed by atoms with van der Waals surface area (Å²) in [5, 5.41) is 0. The predicted octanol–water partition coefficient (Wildman–Crippen LogP) is 1.29. The molecule has 0 aromatic rings. The molecule has 0 saturated heterocycles. The van der Waals surface area contributed by atoms with Gasteiger partial charge in [-0.25, -0.2) is 0 Å². The summed E-state index contributed by atoms with van der Waals surface area (Å²) in [6.45, 7) is 5.95. The molecule has 11 heavy (non-hydrogen) atoms. The van der Waals surface area contributed by atoms with Crippen LogP contribution in [0, 0.1) is 5.41 Å². The SMILES string of the molecule is CSCC(=O)C(N)C(C)(C)C. The zero-order chi connectivity index (χ0) is 9.07. The Morgan fingerprint density at radius 3 is 2.27 bits per heavy atom. The van der Waals surface area contributed by atoms with Crippen molar-refractivity contribution in [2.75, 3.05) is 12.0 Å². The Bertz CT molecular complexity index is 140. The fourth-order valence-electron chi connectivity index (χ4n) is 0.715. The summed E-state index contributed by atoms with van der Waals surface area (Å²) in [6.07, 6.45) is 1.91. The molecule has 0 radical (unpaired) electrons. The summed E-state index contributed by atoms with van der Waals surface area (Å²) in [5.74, 6) is 0.670. The summed E-state index contributed by atoms with van der Waals surface area (Å²) in [7, 11) is 0. The van der Waals surface area contributed by atoms with Crippen LogP contribution in [0.25, 0.3) is 0 Å². The van der Waals surface area contributed by atoms with E-state index in [-0.39, 0.29) is 17.2 Å². The van der Waals surface area contributed by atoms with Crippen molar-refractivity contribution in [2.24, 2.45) is 11.1 Å². The quantitative estimate of drug-likeness (QED) is 0.703. The van der Waals surface area contributed by atoms with Crippen molar-refractivity contribution in [3.05, 3.63) is 0 Å². The van der Waals surface area contributed by atoms with Crippen molar-refractivity contribution in [1.29, 1.82) is 0 Å². The number of Topliss-reactive ketones (excluding diaryl/α,β-unsaturated/α-hetero) is 1. The third-order valence-electron chi connectivity index (χ3n) is 1.57. The number of thioether (sulfide) groups is 1. The second-order valence-electron chi connectivity index (χ2n) is 3.74. The van der Waals surface area contributed by atoms with E-state index in [1.165, 1.54) is 11.8 Å². The molecular weight excluding hydrogens is 158 g/mol. The molecule has 0 heterocycles. The molecular formula is C8H17NOS. The van der Waals surface area contributed by atoms with Crippen LogP contribution in [0.4, 0.5) is 0 Å². The van der Waals surface area contributed by atoms with Crippen LogP contribution in [0.15, 0.2) is 0 Å². The smallest absolute Gasteiger partial charge is 0.159 e. The van der Waals surface area contributed by atoms with Gasteiger partial charge in [-0.15, -0.1) is 0 Å². The lowest BCUT2D eigenvalue weighted by Gasteiger charge is -2.25. The van der Waals surface area contributed by atoms with Crippen LogP contribution < -0.4 is 5.73 Å².